The molecule has 2 nitrogen and oxygen atoms in total. The second-order valence-electron chi connectivity index (χ2n) is 5.15. The minimum atomic E-state index is 0.522. The van der Waals surface area contributed by atoms with E-state index in [0.29, 0.717) is 17.2 Å². The Balaban J connectivity index is 2.29. The second-order valence-corrected chi connectivity index (χ2v) is 5.54. The molecule has 0 spiro atoms. The minimum Gasteiger partial charge on any atom is -0.294 e. The summed E-state index contributed by atoms with van der Waals surface area (Å²) in [5.41, 5.74) is 2.43. The average Bonchev–Trinajstić information content (AvgIpc) is 2.29. The van der Waals surface area contributed by atoms with Gasteiger partial charge in [0, 0.05) is 17.8 Å². The molecule has 0 amide bonds. The summed E-state index contributed by atoms with van der Waals surface area (Å²) in [4.78, 5) is 6.97. The van der Waals surface area contributed by atoms with Crippen LogP contribution in [0.5, 0.6) is 0 Å². The van der Waals surface area contributed by atoms with Crippen molar-refractivity contribution in [2.45, 2.75) is 52.1 Å². The van der Waals surface area contributed by atoms with E-state index in [0.717, 1.165) is 5.69 Å². The molecule has 0 N–H and O–H groups in total. The van der Waals surface area contributed by atoms with Crippen molar-refractivity contribution in [2.24, 2.45) is 0 Å². The number of piperidine rings is 1. The molecule has 3 heteroatoms. The van der Waals surface area contributed by atoms with Crippen LogP contribution in [0.3, 0.4) is 0 Å². The topological polar surface area (TPSA) is 16.1 Å². The van der Waals surface area contributed by atoms with E-state index in [2.05, 4.69) is 36.7 Å². The van der Waals surface area contributed by atoms with Gasteiger partial charge >= 0.3 is 0 Å². The molecule has 17 heavy (non-hydrogen) atoms. The number of halogens is 1. The lowest BCUT2D eigenvalue weighted by molar-refractivity contribution is 0.111. The Kier molecular flexibility index (Phi) is 4.05. The monoisotopic (exact) mass is 252 g/mol. The first kappa shape index (κ1) is 12.8. The SMILES string of the molecule is Cc1nc(Cl)ccc1[C@@H]1CCCCN1C(C)C. The largest absolute Gasteiger partial charge is 0.294 e. The van der Waals surface area contributed by atoms with E-state index in [1.807, 2.05) is 6.07 Å². The van der Waals surface area contributed by atoms with Gasteiger partial charge in [-0.25, -0.2) is 4.98 Å². The van der Waals surface area contributed by atoms with Gasteiger partial charge in [-0.3, -0.25) is 4.90 Å². The van der Waals surface area contributed by atoms with E-state index in [1.54, 1.807) is 0 Å². The highest BCUT2D eigenvalue weighted by Gasteiger charge is 2.27. The Bertz CT molecular complexity index is 390. The first-order chi connectivity index (χ1) is 8.09. The van der Waals surface area contributed by atoms with Crippen LogP contribution >= 0.6 is 11.6 Å². The highest BCUT2D eigenvalue weighted by Crippen LogP contribution is 2.33. The summed E-state index contributed by atoms with van der Waals surface area (Å²) >= 11 is 5.93. The van der Waals surface area contributed by atoms with Crippen molar-refractivity contribution in [3.05, 3.63) is 28.5 Å². The van der Waals surface area contributed by atoms with Crippen molar-refractivity contribution < 1.29 is 0 Å². The van der Waals surface area contributed by atoms with Gasteiger partial charge in [-0.15, -0.1) is 0 Å². The zero-order valence-electron chi connectivity index (χ0n) is 10.9. The number of nitrogens with zero attached hydrogens (tertiary/aromatic N) is 2. The number of rotatable bonds is 2. The zero-order chi connectivity index (χ0) is 12.4. The fourth-order valence-electron chi connectivity index (χ4n) is 2.80. The van der Waals surface area contributed by atoms with E-state index in [4.69, 9.17) is 11.6 Å². The lowest BCUT2D eigenvalue weighted by Gasteiger charge is -2.39. The molecule has 1 atom stereocenters. The van der Waals surface area contributed by atoms with E-state index in [9.17, 15) is 0 Å². The third-order valence-corrected chi connectivity index (χ3v) is 3.87. The molecule has 2 heterocycles. The molecule has 0 radical (unpaired) electrons. The number of pyridine rings is 1. The summed E-state index contributed by atoms with van der Waals surface area (Å²) in [7, 11) is 0. The molecule has 2 rings (SSSR count). The molecule has 1 saturated heterocycles. The van der Waals surface area contributed by atoms with Crippen LogP contribution in [0.1, 0.15) is 50.4 Å². The molecule has 0 aromatic carbocycles. The number of hydrogen-bond donors (Lipinski definition) is 0. The van der Waals surface area contributed by atoms with Gasteiger partial charge < -0.3 is 0 Å². The smallest absolute Gasteiger partial charge is 0.129 e. The molecule has 1 aliphatic heterocycles. The van der Waals surface area contributed by atoms with Crippen molar-refractivity contribution in [1.82, 2.24) is 9.88 Å². The maximum absolute atomic E-state index is 5.93. The fraction of sp³-hybridized carbons (Fsp3) is 0.643. The molecule has 0 aliphatic carbocycles. The number of hydrogen-bond acceptors (Lipinski definition) is 2. The quantitative estimate of drug-likeness (QED) is 0.741. The predicted molar refractivity (Wildman–Crippen MR) is 72.4 cm³/mol. The van der Waals surface area contributed by atoms with E-state index in [-0.39, 0.29) is 0 Å². The molecule has 0 saturated carbocycles. The Hall–Kier alpha value is -0.600. The van der Waals surface area contributed by atoms with Crippen LogP contribution < -0.4 is 0 Å². The van der Waals surface area contributed by atoms with Crippen LogP contribution in [0.25, 0.3) is 0 Å². The highest BCUT2D eigenvalue weighted by atomic mass is 35.5. The van der Waals surface area contributed by atoms with Gasteiger partial charge in [0.1, 0.15) is 5.15 Å². The molecular weight excluding hydrogens is 232 g/mol. The minimum absolute atomic E-state index is 0.522. The van der Waals surface area contributed by atoms with Crippen molar-refractivity contribution in [3.8, 4) is 0 Å². The zero-order valence-corrected chi connectivity index (χ0v) is 11.7. The first-order valence-corrected chi connectivity index (χ1v) is 6.86. The maximum Gasteiger partial charge on any atom is 0.129 e. The van der Waals surface area contributed by atoms with E-state index < -0.39 is 0 Å². The molecule has 94 valence electrons. The van der Waals surface area contributed by atoms with Crippen LogP contribution in [-0.2, 0) is 0 Å². The van der Waals surface area contributed by atoms with Crippen LogP contribution in [-0.4, -0.2) is 22.5 Å². The van der Waals surface area contributed by atoms with Crippen molar-refractivity contribution in [3.63, 3.8) is 0 Å². The third-order valence-electron chi connectivity index (χ3n) is 3.66. The lowest BCUT2D eigenvalue weighted by Crippen LogP contribution is -2.38. The lowest BCUT2D eigenvalue weighted by atomic mass is 9.93. The van der Waals surface area contributed by atoms with Gasteiger partial charge in [0.15, 0.2) is 0 Å². The number of aryl methyl sites for hydroxylation is 1. The summed E-state index contributed by atoms with van der Waals surface area (Å²) < 4.78 is 0. The standard InChI is InChI=1S/C14H21ClN2/c1-10(2)17-9-5-4-6-13(17)12-7-8-14(15)16-11(12)3/h7-8,10,13H,4-6,9H2,1-3H3/t13-/m0/s1. The van der Waals surface area contributed by atoms with Crippen LogP contribution in [0.2, 0.25) is 5.15 Å². The molecule has 1 aromatic rings. The van der Waals surface area contributed by atoms with Crippen molar-refractivity contribution >= 4 is 11.6 Å². The number of likely N-dealkylation sites (tertiary alicyclic amines) is 1. The molecule has 0 bridgehead atoms. The van der Waals surface area contributed by atoms with Gasteiger partial charge in [0.05, 0.1) is 0 Å². The highest BCUT2D eigenvalue weighted by molar-refractivity contribution is 6.29. The van der Waals surface area contributed by atoms with Gasteiger partial charge in [-0.1, -0.05) is 24.1 Å². The van der Waals surface area contributed by atoms with Crippen molar-refractivity contribution in [2.75, 3.05) is 6.54 Å². The molecular formula is C14H21ClN2. The summed E-state index contributed by atoms with van der Waals surface area (Å²) in [6.07, 6.45) is 3.87. The van der Waals surface area contributed by atoms with Gasteiger partial charge in [-0.2, -0.15) is 0 Å². The van der Waals surface area contributed by atoms with Gasteiger partial charge in [0.25, 0.3) is 0 Å². The summed E-state index contributed by atoms with van der Waals surface area (Å²) in [6, 6.07) is 5.18. The van der Waals surface area contributed by atoms with Crippen LogP contribution in [0.4, 0.5) is 0 Å². The van der Waals surface area contributed by atoms with E-state index >= 15 is 0 Å². The molecule has 1 aliphatic rings. The van der Waals surface area contributed by atoms with Crippen LogP contribution in [0.15, 0.2) is 12.1 Å². The third kappa shape index (κ3) is 2.80. The van der Waals surface area contributed by atoms with E-state index in [1.165, 1.54) is 31.4 Å². The normalized spacial score (nSPS) is 22.1. The number of aromatic nitrogens is 1. The molecule has 1 fully saturated rings. The summed E-state index contributed by atoms with van der Waals surface area (Å²) in [5.74, 6) is 0. The van der Waals surface area contributed by atoms with Gasteiger partial charge in [0.2, 0.25) is 0 Å². The first-order valence-electron chi connectivity index (χ1n) is 6.48. The fourth-order valence-corrected chi connectivity index (χ4v) is 2.99. The second kappa shape index (κ2) is 5.36. The van der Waals surface area contributed by atoms with Gasteiger partial charge in [-0.05, 0) is 51.8 Å². The Labute approximate surface area is 109 Å². The Morgan fingerprint density at radius 1 is 1.35 bits per heavy atom. The predicted octanol–water partition coefficient (Wildman–Crippen LogP) is 3.98. The van der Waals surface area contributed by atoms with Crippen molar-refractivity contribution in [1.29, 1.82) is 0 Å². The molecule has 0 unspecified atom stereocenters. The van der Waals surface area contributed by atoms with Crippen LogP contribution in [0, 0.1) is 6.92 Å². The maximum atomic E-state index is 5.93. The molecule has 1 aromatic heterocycles. The Morgan fingerprint density at radius 3 is 2.76 bits per heavy atom. The summed E-state index contributed by atoms with van der Waals surface area (Å²) in [5, 5.41) is 0.596. The Morgan fingerprint density at radius 2 is 2.12 bits per heavy atom. The summed E-state index contributed by atoms with van der Waals surface area (Å²) in [6.45, 7) is 7.81. The average molecular weight is 253 g/mol.